The molecule has 1 heteroatoms. The molecule has 1 rings (SSSR count). The highest BCUT2D eigenvalue weighted by atomic mass is 15.2. The molecule has 0 bridgehead atoms. The molecular weight excluding hydrogens is 122 g/mol. The summed E-state index contributed by atoms with van der Waals surface area (Å²) in [7, 11) is 0. The van der Waals surface area contributed by atoms with Gasteiger partial charge in [-0.05, 0) is 19.3 Å². The number of hydrogen-bond acceptors (Lipinski definition) is 1. The summed E-state index contributed by atoms with van der Waals surface area (Å²) in [6.07, 6.45) is 5.28. The summed E-state index contributed by atoms with van der Waals surface area (Å²) in [6, 6.07) is 0.840. The van der Waals surface area contributed by atoms with E-state index >= 15 is 0 Å². The fourth-order valence-corrected chi connectivity index (χ4v) is 1.89. The van der Waals surface area contributed by atoms with Crippen LogP contribution in [-0.4, -0.2) is 11.6 Å². The van der Waals surface area contributed by atoms with Gasteiger partial charge in [-0.1, -0.05) is 27.2 Å². The third kappa shape index (κ3) is 1.20. The minimum Gasteiger partial charge on any atom is -0.305 e. The number of rotatable bonds is 4. The molecule has 0 aliphatic carbocycles. The Morgan fingerprint density at radius 1 is 1.20 bits per heavy atom. The Balaban J connectivity index is 2.30. The van der Waals surface area contributed by atoms with Gasteiger partial charge in [-0.3, -0.25) is 0 Å². The molecule has 1 atom stereocenters. The Hall–Kier alpha value is -0.0400. The predicted octanol–water partition coefficient (Wildman–Crippen LogP) is 2.32. The van der Waals surface area contributed by atoms with E-state index in [9.17, 15) is 0 Å². The molecular formula is C9H19N. The Labute approximate surface area is 64.2 Å². The second kappa shape index (κ2) is 2.91. The van der Waals surface area contributed by atoms with Gasteiger partial charge in [0.2, 0.25) is 0 Å². The van der Waals surface area contributed by atoms with Gasteiger partial charge in [0, 0.05) is 11.6 Å². The van der Waals surface area contributed by atoms with Crippen LogP contribution in [0.2, 0.25) is 0 Å². The van der Waals surface area contributed by atoms with Gasteiger partial charge in [-0.2, -0.15) is 0 Å². The average Bonchev–Trinajstić information content (AvgIpc) is 2.65. The van der Waals surface area contributed by atoms with Crippen molar-refractivity contribution in [2.24, 2.45) is 0 Å². The van der Waals surface area contributed by atoms with E-state index in [0.717, 1.165) is 6.04 Å². The maximum atomic E-state index is 3.58. The van der Waals surface area contributed by atoms with Crippen molar-refractivity contribution in [1.29, 1.82) is 0 Å². The lowest BCUT2D eigenvalue weighted by molar-refractivity contribution is 0.546. The molecule has 1 fully saturated rings. The zero-order valence-electron chi connectivity index (χ0n) is 7.41. The van der Waals surface area contributed by atoms with E-state index in [-0.39, 0.29) is 0 Å². The Morgan fingerprint density at radius 2 is 1.80 bits per heavy atom. The second-order valence-electron chi connectivity index (χ2n) is 3.35. The van der Waals surface area contributed by atoms with Gasteiger partial charge >= 0.3 is 0 Å². The SMILES string of the molecule is CCCC1NC1(CC)CC. The van der Waals surface area contributed by atoms with E-state index < -0.39 is 0 Å². The smallest absolute Gasteiger partial charge is 0.0333 e. The van der Waals surface area contributed by atoms with Crippen molar-refractivity contribution in [3.05, 3.63) is 0 Å². The largest absolute Gasteiger partial charge is 0.305 e. The molecule has 1 nitrogen and oxygen atoms in total. The second-order valence-corrected chi connectivity index (χ2v) is 3.35. The highest BCUT2D eigenvalue weighted by molar-refractivity contribution is 5.11. The topological polar surface area (TPSA) is 21.9 Å². The lowest BCUT2D eigenvalue weighted by Gasteiger charge is -2.07. The first-order valence-corrected chi connectivity index (χ1v) is 4.56. The van der Waals surface area contributed by atoms with Crippen LogP contribution in [0.4, 0.5) is 0 Å². The van der Waals surface area contributed by atoms with Crippen LogP contribution in [0, 0.1) is 0 Å². The third-order valence-electron chi connectivity index (χ3n) is 2.88. The zero-order chi connectivity index (χ0) is 7.61. The van der Waals surface area contributed by atoms with Crippen LogP contribution >= 0.6 is 0 Å². The van der Waals surface area contributed by atoms with Gasteiger partial charge in [-0.15, -0.1) is 0 Å². The molecule has 1 aliphatic heterocycles. The molecule has 0 aromatic rings. The normalized spacial score (nSPS) is 28.5. The summed E-state index contributed by atoms with van der Waals surface area (Å²) in [6.45, 7) is 6.83. The lowest BCUT2D eigenvalue weighted by atomic mass is 9.96. The summed E-state index contributed by atoms with van der Waals surface area (Å²) in [5.41, 5.74) is 0.552. The van der Waals surface area contributed by atoms with Gasteiger partial charge in [0.15, 0.2) is 0 Å². The van der Waals surface area contributed by atoms with Crippen molar-refractivity contribution in [2.45, 2.75) is 58.0 Å². The van der Waals surface area contributed by atoms with E-state index in [0.29, 0.717) is 5.54 Å². The minimum atomic E-state index is 0.552. The Morgan fingerprint density at radius 3 is 2.10 bits per heavy atom. The van der Waals surface area contributed by atoms with E-state index in [1.54, 1.807) is 0 Å². The Kier molecular flexibility index (Phi) is 2.35. The van der Waals surface area contributed by atoms with Crippen LogP contribution in [-0.2, 0) is 0 Å². The average molecular weight is 141 g/mol. The molecule has 0 amide bonds. The molecule has 0 saturated carbocycles. The maximum Gasteiger partial charge on any atom is 0.0333 e. The molecule has 1 N–H and O–H groups in total. The molecule has 60 valence electrons. The molecule has 0 aromatic heterocycles. The molecule has 0 aromatic carbocycles. The Bertz CT molecular complexity index is 105. The first kappa shape index (κ1) is 8.06. The van der Waals surface area contributed by atoms with E-state index in [2.05, 4.69) is 26.1 Å². The molecule has 10 heavy (non-hydrogen) atoms. The highest BCUT2D eigenvalue weighted by Gasteiger charge is 2.48. The van der Waals surface area contributed by atoms with Crippen LogP contribution in [0.25, 0.3) is 0 Å². The van der Waals surface area contributed by atoms with Crippen LogP contribution in [0.5, 0.6) is 0 Å². The van der Waals surface area contributed by atoms with Crippen LogP contribution < -0.4 is 5.32 Å². The molecule has 0 radical (unpaired) electrons. The van der Waals surface area contributed by atoms with Crippen molar-refractivity contribution in [2.75, 3.05) is 0 Å². The van der Waals surface area contributed by atoms with Gasteiger partial charge in [0.25, 0.3) is 0 Å². The van der Waals surface area contributed by atoms with Crippen LogP contribution in [0.3, 0.4) is 0 Å². The minimum absolute atomic E-state index is 0.552. The summed E-state index contributed by atoms with van der Waals surface area (Å²) < 4.78 is 0. The lowest BCUT2D eigenvalue weighted by Crippen LogP contribution is -2.13. The predicted molar refractivity (Wildman–Crippen MR) is 45.1 cm³/mol. The standard InChI is InChI=1S/C9H19N/c1-4-7-8-9(5-2,6-3)10-8/h8,10H,4-7H2,1-3H3. The monoisotopic (exact) mass is 141 g/mol. The number of hydrogen-bond donors (Lipinski definition) is 1. The van der Waals surface area contributed by atoms with Gasteiger partial charge < -0.3 is 5.32 Å². The van der Waals surface area contributed by atoms with Crippen molar-refractivity contribution < 1.29 is 0 Å². The van der Waals surface area contributed by atoms with Crippen molar-refractivity contribution in [1.82, 2.24) is 5.32 Å². The van der Waals surface area contributed by atoms with Crippen molar-refractivity contribution >= 4 is 0 Å². The molecule has 1 unspecified atom stereocenters. The molecule has 0 spiro atoms. The molecule has 1 heterocycles. The van der Waals surface area contributed by atoms with Crippen molar-refractivity contribution in [3.63, 3.8) is 0 Å². The maximum absolute atomic E-state index is 3.58. The van der Waals surface area contributed by atoms with Gasteiger partial charge in [-0.25, -0.2) is 0 Å². The van der Waals surface area contributed by atoms with Crippen LogP contribution in [0.1, 0.15) is 46.5 Å². The van der Waals surface area contributed by atoms with E-state index in [4.69, 9.17) is 0 Å². The molecule has 1 saturated heterocycles. The summed E-state index contributed by atoms with van der Waals surface area (Å²) >= 11 is 0. The zero-order valence-corrected chi connectivity index (χ0v) is 7.41. The van der Waals surface area contributed by atoms with Gasteiger partial charge in [0.1, 0.15) is 0 Å². The fraction of sp³-hybridized carbons (Fsp3) is 1.00. The van der Waals surface area contributed by atoms with E-state index in [1.165, 1.54) is 25.7 Å². The first-order chi connectivity index (χ1) is 4.79. The van der Waals surface area contributed by atoms with Crippen LogP contribution in [0.15, 0.2) is 0 Å². The third-order valence-corrected chi connectivity index (χ3v) is 2.88. The first-order valence-electron chi connectivity index (χ1n) is 4.56. The summed E-state index contributed by atoms with van der Waals surface area (Å²) in [4.78, 5) is 0. The quantitative estimate of drug-likeness (QED) is 0.596. The van der Waals surface area contributed by atoms with E-state index in [1.807, 2.05) is 0 Å². The number of nitrogens with one attached hydrogen (secondary N) is 1. The highest BCUT2D eigenvalue weighted by Crippen LogP contribution is 2.35. The summed E-state index contributed by atoms with van der Waals surface area (Å²) in [5.74, 6) is 0. The van der Waals surface area contributed by atoms with Crippen molar-refractivity contribution in [3.8, 4) is 0 Å². The fourth-order valence-electron chi connectivity index (χ4n) is 1.89. The van der Waals surface area contributed by atoms with Gasteiger partial charge in [0.05, 0.1) is 0 Å². The molecule has 1 aliphatic rings. The summed E-state index contributed by atoms with van der Waals surface area (Å²) in [5, 5.41) is 3.58.